The Morgan fingerprint density at radius 1 is 1.23 bits per heavy atom. The van der Waals surface area contributed by atoms with E-state index in [0.29, 0.717) is 12.5 Å². The van der Waals surface area contributed by atoms with Gasteiger partial charge in [-0.15, -0.1) is 0 Å². The normalized spacial score (nSPS) is 18.9. The van der Waals surface area contributed by atoms with Crippen molar-refractivity contribution in [3.63, 3.8) is 0 Å². The van der Waals surface area contributed by atoms with E-state index in [1.54, 1.807) is 13.0 Å². The molecule has 8 heteroatoms. The molecule has 0 aromatic carbocycles. The summed E-state index contributed by atoms with van der Waals surface area (Å²) in [7, 11) is 0. The minimum atomic E-state index is -0.553. The van der Waals surface area contributed by atoms with E-state index in [2.05, 4.69) is 28.2 Å². The van der Waals surface area contributed by atoms with Crippen molar-refractivity contribution >= 4 is 24.0 Å². The maximum atomic E-state index is 12.3. The van der Waals surface area contributed by atoms with Crippen LogP contribution in [0.25, 0.3) is 6.08 Å². The summed E-state index contributed by atoms with van der Waals surface area (Å²) in [6.45, 7) is 7.65. The molecule has 1 atom stereocenters. The van der Waals surface area contributed by atoms with Gasteiger partial charge in [0, 0.05) is 23.5 Å². The highest BCUT2D eigenvalue weighted by Gasteiger charge is 2.32. The summed E-state index contributed by atoms with van der Waals surface area (Å²) in [5, 5.41) is 5.24. The van der Waals surface area contributed by atoms with Crippen LogP contribution in [0, 0.1) is 13.8 Å². The number of hydrogen-bond acceptors (Lipinski definition) is 5. The Balaban J connectivity index is 1.70. The maximum Gasteiger partial charge on any atom is 0.338 e. The second kappa shape index (κ2) is 9.19. The summed E-state index contributed by atoms with van der Waals surface area (Å²) in [6, 6.07) is 1.69. The Hall–Kier alpha value is -3.03. The predicted octanol–water partition coefficient (Wildman–Crippen LogP) is 2.90. The molecule has 0 saturated heterocycles. The molecule has 8 nitrogen and oxygen atoms in total. The van der Waals surface area contributed by atoms with Crippen molar-refractivity contribution in [3.05, 3.63) is 40.4 Å². The molecule has 1 aliphatic heterocycles. The Morgan fingerprint density at radius 3 is 2.60 bits per heavy atom. The number of carbonyl (C=O) groups excluding carboxylic acids is 3. The van der Waals surface area contributed by atoms with Gasteiger partial charge in [0.15, 0.2) is 0 Å². The molecule has 0 spiro atoms. The molecule has 1 aromatic rings. The van der Waals surface area contributed by atoms with Gasteiger partial charge in [-0.05, 0) is 57.7 Å². The first-order valence-electron chi connectivity index (χ1n) is 10.4. The Bertz CT molecular complexity index is 908. The van der Waals surface area contributed by atoms with Crippen molar-refractivity contribution in [2.24, 2.45) is 0 Å². The number of carbonyl (C=O) groups is 3. The molecule has 2 aliphatic rings. The fourth-order valence-corrected chi connectivity index (χ4v) is 3.79. The van der Waals surface area contributed by atoms with Gasteiger partial charge < -0.3 is 24.7 Å². The number of rotatable bonds is 8. The summed E-state index contributed by atoms with van der Waals surface area (Å²) in [5.41, 5.74) is 3.81. The molecule has 2 heterocycles. The minimum Gasteiger partial charge on any atom is -0.463 e. The summed E-state index contributed by atoms with van der Waals surface area (Å²) in [5.74, 6) is -1.09. The number of esters is 2. The lowest BCUT2D eigenvalue weighted by Gasteiger charge is -2.28. The number of aryl methyl sites for hydroxylation is 1. The number of nitrogens with one attached hydrogen (secondary N) is 2. The minimum absolute atomic E-state index is 0.210. The average molecular weight is 415 g/mol. The SMILES string of the molecule is CCOC(=O)C1=C(COC(=O)/C=C/c2cc(C)n(C3CC3)c2C)NC(=O)N[C@@H]1CC. The van der Waals surface area contributed by atoms with Crippen LogP contribution in [0.2, 0.25) is 0 Å². The van der Waals surface area contributed by atoms with Crippen LogP contribution in [0.15, 0.2) is 23.4 Å². The Labute approximate surface area is 176 Å². The molecule has 0 unspecified atom stereocenters. The molecule has 1 saturated carbocycles. The lowest BCUT2D eigenvalue weighted by Crippen LogP contribution is -2.51. The Kier molecular flexibility index (Phi) is 6.64. The largest absolute Gasteiger partial charge is 0.463 e. The lowest BCUT2D eigenvalue weighted by molar-refractivity contribution is -0.140. The van der Waals surface area contributed by atoms with E-state index < -0.39 is 24.0 Å². The standard InChI is InChI=1S/C22H29N3O5/c1-5-17-20(21(27)29-6-2)18(24-22(28)23-17)12-30-19(26)10-7-15-11-13(3)25(14(15)4)16-8-9-16/h7,10-11,16-17H,5-6,8-9,12H2,1-4H3,(H2,23,24,28)/b10-7+/t17-/m1/s1. The highest BCUT2D eigenvalue weighted by Crippen LogP contribution is 2.38. The number of hydrogen-bond donors (Lipinski definition) is 2. The second-order valence-corrected chi connectivity index (χ2v) is 7.54. The number of ether oxygens (including phenoxy) is 2. The third-order valence-corrected chi connectivity index (χ3v) is 5.34. The van der Waals surface area contributed by atoms with Gasteiger partial charge in [-0.2, -0.15) is 0 Å². The maximum absolute atomic E-state index is 12.3. The first kappa shape index (κ1) is 21.7. The summed E-state index contributed by atoms with van der Waals surface area (Å²) in [4.78, 5) is 36.5. The first-order valence-corrected chi connectivity index (χ1v) is 10.4. The molecule has 162 valence electrons. The van der Waals surface area contributed by atoms with E-state index >= 15 is 0 Å². The average Bonchev–Trinajstić information content (AvgIpc) is 3.49. The van der Waals surface area contributed by atoms with Crippen LogP contribution >= 0.6 is 0 Å². The zero-order valence-electron chi connectivity index (χ0n) is 17.9. The van der Waals surface area contributed by atoms with Gasteiger partial charge in [0.2, 0.25) is 0 Å². The van der Waals surface area contributed by atoms with E-state index in [0.717, 1.165) is 11.3 Å². The highest BCUT2D eigenvalue weighted by molar-refractivity contribution is 5.95. The van der Waals surface area contributed by atoms with Gasteiger partial charge in [-0.3, -0.25) is 0 Å². The lowest BCUT2D eigenvalue weighted by atomic mass is 10.0. The Morgan fingerprint density at radius 2 is 1.97 bits per heavy atom. The molecule has 2 amide bonds. The second-order valence-electron chi connectivity index (χ2n) is 7.54. The van der Waals surface area contributed by atoms with Crippen LogP contribution in [0.1, 0.15) is 56.1 Å². The predicted molar refractivity (Wildman–Crippen MR) is 112 cm³/mol. The van der Waals surface area contributed by atoms with Crippen LogP contribution in [-0.4, -0.2) is 41.8 Å². The van der Waals surface area contributed by atoms with Crippen molar-refractivity contribution in [1.29, 1.82) is 0 Å². The zero-order valence-corrected chi connectivity index (χ0v) is 17.9. The molecule has 30 heavy (non-hydrogen) atoms. The van der Waals surface area contributed by atoms with Crippen molar-refractivity contribution in [1.82, 2.24) is 15.2 Å². The molecule has 0 radical (unpaired) electrons. The first-order chi connectivity index (χ1) is 14.3. The van der Waals surface area contributed by atoms with E-state index in [4.69, 9.17) is 9.47 Å². The number of urea groups is 1. The topological polar surface area (TPSA) is 98.7 Å². The van der Waals surface area contributed by atoms with Crippen molar-refractivity contribution < 1.29 is 23.9 Å². The molecule has 3 rings (SSSR count). The summed E-state index contributed by atoms with van der Waals surface area (Å²) in [6.07, 6.45) is 6.00. The fraction of sp³-hybridized carbons (Fsp3) is 0.500. The summed E-state index contributed by atoms with van der Waals surface area (Å²) < 4.78 is 12.7. The highest BCUT2D eigenvalue weighted by atomic mass is 16.5. The van der Waals surface area contributed by atoms with Crippen LogP contribution in [0.5, 0.6) is 0 Å². The van der Waals surface area contributed by atoms with E-state index in [9.17, 15) is 14.4 Å². The van der Waals surface area contributed by atoms with Crippen molar-refractivity contribution in [2.45, 2.75) is 59.0 Å². The molecule has 1 aliphatic carbocycles. The number of aromatic nitrogens is 1. The van der Waals surface area contributed by atoms with Crippen molar-refractivity contribution in [3.8, 4) is 0 Å². The quantitative estimate of drug-likeness (QED) is 0.502. The van der Waals surface area contributed by atoms with Crippen LogP contribution in [0.3, 0.4) is 0 Å². The van der Waals surface area contributed by atoms with Crippen LogP contribution in [-0.2, 0) is 19.1 Å². The van der Waals surface area contributed by atoms with Gasteiger partial charge in [0.1, 0.15) is 6.61 Å². The van der Waals surface area contributed by atoms with E-state index in [1.165, 1.54) is 24.6 Å². The van der Waals surface area contributed by atoms with Crippen LogP contribution in [0.4, 0.5) is 4.79 Å². The number of amides is 2. The molecular weight excluding hydrogens is 386 g/mol. The van der Waals surface area contributed by atoms with Crippen molar-refractivity contribution in [2.75, 3.05) is 13.2 Å². The molecule has 1 aromatic heterocycles. The third kappa shape index (κ3) is 4.75. The van der Waals surface area contributed by atoms with Gasteiger partial charge in [0.25, 0.3) is 0 Å². The van der Waals surface area contributed by atoms with Gasteiger partial charge >= 0.3 is 18.0 Å². The van der Waals surface area contributed by atoms with E-state index in [-0.39, 0.29) is 24.5 Å². The molecule has 2 N–H and O–H groups in total. The number of nitrogens with zero attached hydrogens (tertiary/aromatic N) is 1. The fourth-order valence-electron chi connectivity index (χ4n) is 3.79. The van der Waals surface area contributed by atoms with E-state index in [1.807, 2.05) is 13.8 Å². The smallest absolute Gasteiger partial charge is 0.338 e. The van der Waals surface area contributed by atoms with Gasteiger partial charge in [-0.1, -0.05) is 6.92 Å². The monoisotopic (exact) mass is 415 g/mol. The molecule has 1 fully saturated rings. The molecule has 0 bridgehead atoms. The zero-order chi connectivity index (χ0) is 21.8. The van der Waals surface area contributed by atoms with Gasteiger partial charge in [-0.25, -0.2) is 14.4 Å². The van der Waals surface area contributed by atoms with Gasteiger partial charge in [0.05, 0.1) is 23.9 Å². The molecular formula is C22H29N3O5. The van der Waals surface area contributed by atoms with Crippen LogP contribution < -0.4 is 10.6 Å². The summed E-state index contributed by atoms with van der Waals surface area (Å²) >= 11 is 0. The third-order valence-electron chi connectivity index (χ3n) is 5.34.